The van der Waals surface area contributed by atoms with Gasteiger partial charge in [0, 0.05) is 6.42 Å². The van der Waals surface area contributed by atoms with E-state index >= 15 is 0 Å². The smallest absolute Gasteiger partial charge is 0.450 e. The molecule has 1 N–H and O–H groups in total. The number of fused-ring (bicyclic) bond motifs is 1. The fourth-order valence-corrected chi connectivity index (χ4v) is 4.48. The lowest BCUT2D eigenvalue weighted by molar-refractivity contribution is -0.230. The third-order valence-electron chi connectivity index (χ3n) is 4.96. The van der Waals surface area contributed by atoms with Crippen molar-refractivity contribution in [2.45, 2.75) is 36.2 Å². The average Bonchev–Trinajstić information content (AvgIpc) is 3.10. The molecule has 27 heavy (non-hydrogen) atoms. The zero-order valence-electron chi connectivity index (χ0n) is 13.2. The maximum atomic E-state index is 13.7. The van der Waals surface area contributed by atoms with Gasteiger partial charge in [-0.25, -0.2) is 14.0 Å². The summed E-state index contributed by atoms with van der Waals surface area (Å²) in [6, 6.07) is 0. The number of halogens is 4. The van der Waals surface area contributed by atoms with Gasteiger partial charge >= 0.3 is 39.2 Å². The van der Waals surface area contributed by atoms with E-state index in [-0.39, 0.29) is 12.3 Å². The van der Waals surface area contributed by atoms with E-state index in [9.17, 15) is 40.4 Å². The van der Waals surface area contributed by atoms with Gasteiger partial charge in [-0.05, 0) is 18.8 Å². The van der Waals surface area contributed by atoms with E-state index in [0.717, 1.165) is 0 Å². The SMILES string of the molecule is O=C(COC(=O)C(F)(C(F)(F)F)S(=O)(=O)O)OC12CC3CC(C(=O)O1)C2C3. The molecule has 0 aromatic carbocycles. The van der Waals surface area contributed by atoms with Crippen molar-refractivity contribution in [2.24, 2.45) is 17.8 Å². The molecule has 0 radical (unpaired) electrons. The number of alkyl halides is 4. The number of hydrogen-bond donors (Lipinski definition) is 1. The summed E-state index contributed by atoms with van der Waals surface area (Å²) in [6.45, 7) is -1.59. The van der Waals surface area contributed by atoms with E-state index in [4.69, 9.17) is 14.0 Å². The largest absolute Gasteiger partial charge is 0.451 e. The van der Waals surface area contributed by atoms with Crippen LogP contribution in [0.1, 0.15) is 19.3 Å². The first kappa shape index (κ1) is 19.8. The summed E-state index contributed by atoms with van der Waals surface area (Å²) < 4.78 is 95.0. The van der Waals surface area contributed by atoms with E-state index in [1.807, 2.05) is 0 Å². The molecule has 0 spiro atoms. The highest BCUT2D eigenvalue weighted by Gasteiger charge is 2.73. The first-order valence-electron chi connectivity index (χ1n) is 7.56. The summed E-state index contributed by atoms with van der Waals surface area (Å²) >= 11 is 0. The Morgan fingerprint density at radius 3 is 2.41 bits per heavy atom. The van der Waals surface area contributed by atoms with Gasteiger partial charge in [-0.1, -0.05) is 0 Å². The maximum Gasteiger partial charge on any atom is 0.451 e. The molecule has 5 unspecified atom stereocenters. The van der Waals surface area contributed by atoms with E-state index in [1.54, 1.807) is 0 Å². The lowest BCUT2D eigenvalue weighted by Crippen LogP contribution is -2.55. The van der Waals surface area contributed by atoms with Crippen LogP contribution < -0.4 is 0 Å². The van der Waals surface area contributed by atoms with Gasteiger partial charge in [0.2, 0.25) is 0 Å². The highest BCUT2D eigenvalue weighted by atomic mass is 32.2. The molecule has 1 aliphatic heterocycles. The van der Waals surface area contributed by atoms with Gasteiger partial charge in [-0.3, -0.25) is 9.35 Å². The normalized spacial score (nSPS) is 34.1. The van der Waals surface area contributed by atoms with Crippen LogP contribution in [0.5, 0.6) is 0 Å². The minimum atomic E-state index is -6.60. The van der Waals surface area contributed by atoms with Gasteiger partial charge in [0.25, 0.3) is 5.79 Å². The van der Waals surface area contributed by atoms with Crippen LogP contribution in [0.2, 0.25) is 0 Å². The molecule has 1 saturated heterocycles. The second-order valence-corrected chi connectivity index (χ2v) is 8.12. The summed E-state index contributed by atoms with van der Waals surface area (Å²) in [5.41, 5.74) is 0. The molecule has 2 saturated carbocycles. The van der Waals surface area contributed by atoms with Crippen LogP contribution in [-0.4, -0.2) is 54.4 Å². The van der Waals surface area contributed by atoms with Crippen LogP contribution in [-0.2, 0) is 38.7 Å². The zero-order chi connectivity index (χ0) is 20.4. The molecule has 0 aromatic rings. The van der Waals surface area contributed by atoms with Gasteiger partial charge in [0.1, 0.15) is 0 Å². The molecular weight excluding hydrogens is 408 g/mol. The molecule has 2 bridgehead atoms. The Hall–Kier alpha value is -1.96. The summed E-state index contributed by atoms with van der Waals surface area (Å²) in [7, 11) is -6.60. The Bertz CT molecular complexity index is 809. The third kappa shape index (κ3) is 2.85. The molecule has 2 aliphatic carbocycles. The molecule has 3 fully saturated rings. The average molecular weight is 420 g/mol. The molecule has 152 valence electrons. The molecule has 0 amide bonds. The van der Waals surface area contributed by atoms with E-state index < -0.39 is 63.4 Å². The van der Waals surface area contributed by atoms with Gasteiger partial charge in [0.15, 0.2) is 6.61 Å². The molecule has 0 aromatic heterocycles. The lowest BCUT2D eigenvalue weighted by atomic mass is 9.87. The predicted molar refractivity (Wildman–Crippen MR) is 71.6 cm³/mol. The summed E-state index contributed by atoms with van der Waals surface area (Å²) in [5.74, 6) is -7.59. The number of hydrogen-bond acceptors (Lipinski definition) is 8. The van der Waals surface area contributed by atoms with Crippen LogP contribution in [0.25, 0.3) is 0 Å². The number of carbonyl (C=O) groups excluding carboxylic acids is 3. The minimum absolute atomic E-state index is 0.0463. The molecule has 3 aliphatic rings. The predicted octanol–water partition coefficient (Wildman–Crippen LogP) is 0.488. The Balaban J connectivity index is 1.66. The maximum absolute atomic E-state index is 13.7. The Morgan fingerprint density at radius 2 is 1.89 bits per heavy atom. The minimum Gasteiger partial charge on any atom is -0.450 e. The lowest BCUT2D eigenvalue weighted by Gasteiger charge is -2.29. The van der Waals surface area contributed by atoms with Crippen molar-refractivity contribution in [3.63, 3.8) is 0 Å². The standard InChI is InChI=1S/C13H12F4O9S/c14-12(13(15,16)17,27(21,22)23)10(20)24-4-8(18)25-11-3-5-1-6(7(11)2-5)9(19)26-11/h5-7H,1-4H2,(H,21,22,23). The Labute approximate surface area is 148 Å². The van der Waals surface area contributed by atoms with Crippen molar-refractivity contribution in [2.75, 3.05) is 6.61 Å². The van der Waals surface area contributed by atoms with Crippen molar-refractivity contribution in [3.05, 3.63) is 0 Å². The highest BCUT2D eigenvalue weighted by molar-refractivity contribution is 7.88. The van der Waals surface area contributed by atoms with Gasteiger partial charge < -0.3 is 14.2 Å². The quantitative estimate of drug-likeness (QED) is 0.383. The van der Waals surface area contributed by atoms with E-state index in [1.165, 1.54) is 0 Å². The number of esters is 3. The van der Waals surface area contributed by atoms with Crippen LogP contribution in [0, 0.1) is 17.8 Å². The van der Waals surface area contributed by atoms with Crippen LogP contribution in [0.3, 0.4) is 0 Å². The third-order valence-corrected chi connectivity index (χ3v) is 6.07. The van der Waals surface area contributed by atoms with Crippen molar-refractivity contribution >= 4 is 28.0 Å². The summed E-state index contributed by atoms with van der Waals surface area (Å²) in [6.07, 6.45) is -5.10. The fraction of sp³-hybridized carbons (Fsp3) is 0.769. The molecule has 14 heteroatoms. The first-order valence-corrected chi connectivity index (χ1v) is 9.00. The number of rotatable bonds is 5. The molecule has 3 rings (SSSR count). The number of ether oxygens (including phenoxy) is 3. The molecule has 5 atom stereocenters. The van der Waals surface area contributed by atoms with Crippen LogP contribution >= 0.6 is 0 Å². The van der Waals surface area contributed by atoms with Gasteiger partial charge in [-0.15, -0.1) is 0 Å². The van der Waals surface area contributed by atoms with E-state index in [0.29, 0.717) is 12.8 Å². The summed E-state index contributed by atoms with van der Waals surface area (Å²) in [5, 5.41) is -5.77. The first-order chi connectivity index (χ1) is 12.2. The molecule has 9 nitrogen and oxygen atoms in total. The van der Waals surface area contributed by atoms with Crippen molar-refractivity contribution in [3.8, 4) is 0 Å². The Kier molecular flexibility index (Phi) is 4.23. The van der Waals surface area contributed by atoms with Gasteiger partial charge in [-0.2, -0.15) is 21.6 Å². The Morgan fingerprint density at radius 1 is 1.26 bits per heavy atom. The van der Waals surface area contributed by atoms with Crippen LogP contribution in [0.4, 0.5) is 17.6 Å². The zero-order valence-corrected chi connectivity index (χ0v) is 14.0. The van der Waals surface area contributed by atoms with Crippen molar-refractivity contribution < 1.29 is 59.1 Å². The van der Waals surface area contributed by atoms with Gasteiger partial charge in [0.05, 0.1) is 11.8 Å². The second-order valence-electron chi connectivity index (χ2n) is 6.61. The number of carbonyl (C=O) groups is 3. The van der Waals surface area contributed by atoms with Crippen molar-refractivity contribution in [1.82, 2.24) is 0 Å². The topological polar surface area (TPSA) is 133 Å². The van der Waals surface area contributed by atoms with Crippen LogP contribution in [0.15, 0.2) is 0 Å². The summed E-state index contributed by atoms with van der Waals surface area (Å²) in [4.78, 5) is 34.8. The monoisotopic (exact) mass is 420 g/mol. The van der Waals surface area contributed by atoms with E-state index in [2.05, 4.69) is 4.74 Å². The molecule has 1 heterocycles. The molecular formula is C13H12F4O9S. The highest BCUT2D eigenvalue weighted by Crippen LogP contribution is 2.60. The second kappa shape index (κ2) is 5.77. The fourth-order valence-electron chi connectivity index (χ4n) is 3.92. The van der Waals surface area contributed by atoms with Crippen molar-refractivity contribution in [1.29, 1.82) is 0 Å².